The second-order valence-corrected chi connectivity index (χ2v) is 29.8. The van der Waals surface area contributed by atoms with Gasteiger partial charge in [-0.3, -0.25) is 47.5 Å². The maximum atomic E-state index is 13.3. The second kappa shape index (κ2) is 51.2. The number of hydrogen-bond donors (Lipinski definition) is 0. The molecule has 5 aromatic carbocycles. The fourth-order valence-corrected chi connectivity index (χ4v) is 14.8. The highest BCUT2D eigenvalue weighted by molar-refractivity contribution is 7.81. The van der Waals surface area contributed by atoms with Gasteiger partial charge >= 0.3 is 29.8 Å². The Morgan fingerprint density at radius 2 is 0.400 bits per heavy atom. The quantitative estimate of drug-likeness (QED) is 0.0421. The number of halogens is 10. The third-order valence-electron chi connectivity index (χ3n) is 20.0. The smallest absolute Gasteiger partial charge is 0.314 e. The van der Waals surface area contributed by atoms with Gasteiger partial charge in [-0.15, -0.1) is 0 Å². The zero-order chi connectivity index (χ0) is 72.7. The molecule has 0 spiro atoms. The van der Waals surface area contributed by atoms with E-state index in [4.69, 9.17) is 86.8 Å². The van der Waals surface area contributed by atoms with Crippen LogP contribution in [0.2, 0.25) is 0 Å². The van der Waals surface area contributed by atoms with Gasteiger partial charge in [-0.05, 0) is 219 Å². The van der Waals surface area contributed by atoms with Crippen LogP contribution in [0.25, 0.3) is 0 Å². The van der Waals surface area contributed by atoms with E-state index in [0.717, 1.165) is 158 Å². The van der Waals surface area contributed by atoms with E-state index in [1.54, 1.807) is 30.3 Å². The Morgan fingerprint density at radius 3 is 0.514 bits per heavy atom. The molecule has 5 aromatic rings. The van der Waals surface area contributed by atoms with Crippen LogP contribution in [0, 0.1) is 88.3 Å². The van der Waals surface area contributed by atoms with Crippen molar-refractivity contribution in [1.82, 2.24) is 0 Å². The first-order valence-corrected chi connectivity index (χ1v) is 38.4. The summed E-state index contributed by atoms with van der Waals surface area (Å²) in [7, 11) is 0. The lowest BCUT2D eigenvalue weighted by atomic mass is 9.80. The Kier molecular flexibility index (Phi) is 47.3. The van der Waals surface area contributed by atoms with Crippen molar-refractivity contribution < 1.29 is 93.1 Å². The lowest BCUT2D eigenvalue weighted by Crippen LogP contribution is -2.25. The summed E-state index contributed by atoms with van der Waals surface area (Å²) in [5.41, 5.74) is 0. The predicted molar refractivity (Wildman–Crippen MR) is 404 cm³/mol. The molecule has 0 bridgehead atoms. The standard InChI is InChI=1S/5C16H20FO2S.5FH/c5*1-2-3-11-4-6-12(7-5-11)16(18)19-13-8-9-15(20)14(17)10-13;;;;;/h5*8-12H,2-7H2,1H3;5*1H. The first kappa shape index (κ1) is 96.9. The Balaban J connectivity index is 0.000000649. The van der Waals surface area contributed by atoms with Crippen molar-refractivity contribution >= 4 is 93.0 Å². The molecule has 10 rings (SSSR count). The number of benzene rings is 5. The fraction of sp³-hybridized carbons (Fsp3) is 0.562. The van der Waals surface area contributed by atoms with Crippen molar-refractivity contribution in [2.45, 2.75) is 252 Å². The van der Waals surface area contributed by atoms with Crippen LogP contribution < -0.4 is 23.7 Å². The molecule has 0 saturated heterocycles. The topological polar surface area (TPSA) is 132 Å². The van der Waals surface area contributed by atoms with Crippen LogP contribution in [0.3, 0.4) is 0 Å². The Morgan fingerprint density at radius 1 is 0.267 bits per heavy atom. The number of carbonyl (C=O) groups excluding carboxylic acids is 5. The minimum absolute atomic E-state index is 0. The Labute approximate surface area is 642 Å². The first-order chi connectivity index (χ1) is 48.0. The van der Waals surface area contributed by atoms with Gasteiger partial charge in [0.1, 0.15) is 57.8 Å². The van der Waals surface area contributed by atoms with Crippen LogP contribution >= 0.6 is 63.1 Å². The minimum atomic E-state index is -0.517. The second-order valence-electron chi connectivity index (χ2n) is 27.6. The molecule has 5 radical (unpaired) electrons. The highest BCUT2D eigenvalue weighted by Crippen LogP contribution is 2.38. The molecule has 0 unspecified atom stereocenters. The van der Waals surface area contributed by atoms with Gasteiger partial charge < -0.3 is 23.7 Å². The summed E-state index contributed by atoms with van der Waals surface area (Å²) in [5, 5.41) is 0. The van der Waals surface area contributed by atoms with Gasteiger partial charge in [-0.1, -0.05) is 162 Å². The van der Waals surface area contributed by atoms with Crippen molar-refractivity contribution in [2.24, 2.45) is 59.2 Å². The molecule has 5 saturated carbocycles. The highest BCUT2D eigenvalue weighted by Gasteiger charge is 2.32. The van der Waals surface area contributed by atoms with E-state index in [-0.39, 0.29) is 136 Å². The number of ether oxygens (including phenoxy) is 5. The SMILES string of the molecule is CCCC1CCC(C(=O)Oc2ccc([S])c(F)c2)CC1.CCCC1CCC(C(=O)Oc2ccc([S])c(F)c2)CC1.CCCC1CCC(C(=O)Oc2ccc([S])c(F)c2)CC1.CCCC1CCC(C(=O)Oc2ccc([S])c(F)c2)CC1.CCCC1CCC(C(=O)Oc2ccc([S])c(F)c2)CC1.F.F.F.F.F. The normalized spacial score (nSPS) is 21.4. The summed E-state index contributed by atoms with van der Waals surface area (Å²) in [6, 6.07) is 20.9. The largest absolute Gasteiger partial charge is 0.426 e. The van der Waals surface area contributed by atoms with E-state index in [9.17, 15) is 45.9 Å². The number of rotatable bonds is 20. The maximum absolute atomic E-state index is 13.3. The van der Waals surface area contributed by atoms with E-state index < -0.39 is 29.1 Å². The van der Waals surface area contributed by atoms with Crippen molar-refractivity contribution in [3.05, 3.63) is 120 Å². The molecule has 0 N–H and O–H groups in total. The maximum Gasteiger partial charge on any atom is 0.314 e. The Bertz CT molecular complexity index is 2860. The summed E-state index contributed by atoms with van der Waals surface area (Å²) in [6.07, 6.45) is 31.9. The molecule has 105 heavy (non-hydrogen) atoms. The van der Waals surface area contributed by atoms with Gasteiger partial charge in [-0.2, -0.15) is 0 Å². The van der Waals surface area contributed by atoms with Gasteiger partial charge in [0.25, 0.3) is 0 Å². The highest BCUT2D eigenvalue weighted by atomic mass is 32.1. The Hall–Kier alpha value is -6.15. The molecule has 0 atom stereocenters. The molecule has 0 aliphatic heterocycles. The summed E-state index contributed by atoms with van der Waals surface area (Å²) in [4.78, 5) is 61.0. The molecular weight excluding hydrogens is 1470 g/mol. The molecule has 0 heterocycles. The molecule has 5 fully saturated rings. The number of carbonyl (C=O) groups is 5. The van der Waals surface area contributed by atoms with Gasteiger partial charge in [0.15, 0.2) is 0 Å². The van der Waals surface area contributed by atoms with Gasteiger partial charge in [0.05, 0.1) is 54.1 Å². The zero-order valence-corrected chi connectivity index (χ0v) is 64.8. The third kappa shape index (κ3) is 33.5. The van der Waals surface area contributed by atoms with Crippen LogP contribution in [0.1, 0.15) is 227 Å². The van der Waals surface area contributed by atoms with Crippen molar-refractivity contribution in [3.8, 4) is 28.7 Å². The fourth-order valence-electron chi connectivity index (χ4n) is 14.2. The monoisotopic (exact) mass is 1580 g/mol. The lowest BCUT2D eigenvalue weighted by molar-refractivity contribution is -0.141. The summed E-state index contributed by atoms with van der Waals surface area (Å²) in [6.45, 7) is 11.0. The molecular formula is C80H105F10O10S5. The van der Waals surface area contributed by atoms with Crippen LogP contribution in [-0.4, -0.2) is 29.8 Å². The summed E-state index contributed by atoms with van der Waals surface area (Å²) >= 11 is 23.9. The van der Waals surface area contributed by atoms with E-state index in [1.165, 1.54) is 125 Å². The van der Waals surface area contributed by atoms with Gasteiger partial charge in [-0.25, -0.2) is 22.0 Å². The van der Waals surface area contributed by atoms with Crippen molar-refractivity contribution in [1.29, 1.82) is 0 Å². The summed E-state index contributed by atoms with van der Waals surface area (Å²) < 4.78 is 92.9. The molecule has 10 nitrogen and oxygen atoms in total. The average molecular weight is 1580 g/mol. The number of esters is 5. The van der Waals surface area contributed by atoms with Crippen LogP contribution in [-0.2, 0) is 24.0 Å². The van der Waals surface area contributed by atoms with Crippen LogP contribution in [0.4, 0.5) is 45.5 Å². The van der Waals surface area contributed by atoms with E-state index in [1.807, 2.05) is 0 Å². The number of hydrogen-bond acceptors (Lipinski definition) is 10. The first-order valence-electron chi connectivity index (χ1n) is 36.4. The third-order valence-corrected chi connectivity index (χ3v) is 21.6. The van der Waals surface area contributed by atoms with Gasteiger partial charge in [0, 0.05) is 30.3 Å². The van der Waals surface area contributed by atoms with E-state index in [0.29, 0.717) is 0 Å². The lowest BCUT2D eigenvalue weighted by Gasteiger charge is -2.26. The van der Waals surface area contributed by atoms with Crippen molar-refractivity contribution in [3.63, 3.8) is 0 Å². The van der Waals surface area contributed by atoms with Gasteiger partial charge in [0.2, 0.25) is 0 Å². The minimum Gasteiger partial charge on any atom is -0.426 e. The molecule has 5 aliphatic rings. The molecule has 0 aromatic heterocycles. The van der Waals surface area contributed by atoms with E-state index >= 15 is 0 Å². The molecule has 0 amide bonds. The van der Waals surface area contributed by atoms with E-state index in [2.05, 4.69) is 34.6 Å². The zero-order valence-electron chi connectivity index (χ0n) is 60.7. The molecule has 25 heteroatoms. The van der Waals surface area contributed by atoms with Crippen molar-refractivity contribution in [2.75, 3.05) is 0 Å². The van der Waals surface area contributed by atoms with Crippen LogP contribution in [0.5, 0.6) is 28.7 Å². The molecule has 5 aliphatic carbocycles. The van der Waals surface area contributed by atoms with Crippen LogP contribution in [0.15, 0.2) is 115 Å². The molecule has 585 valence electrons. The average Bonchev–Trinajstić information content (AvgIpc) is 0.875. The summed E-state index contributed by atoms with van der Waals surface area (Å²) in [5.74, 6) is 0.975. The predicted octanol–water partition coefficient (Wildman–Crippen LogP) is 25.2.